The first-order valence-electron chi connectivity index (χ1n) is 3.84. The summed E-state index contributed by atoms with van der Waals surface area (Å²) in [5.41, 5.74) is -0.558. The van der Waals surface area contributed by atoms with Gasteiger partial charge < -0.3 is 5.11 Å². The predicted octanol–water partition coefficient (Wildman–Crippen LogP) is 1.39. The van der Waals surface area contributed by atoms with Crippen LogP contribution in [0.5, 0.6) is 0 Å². The van der Waals surface area contributed by atoms with E-state index in [4.69, 9.17) is 0 Å². The molecule has 0 aromatic heterocycles. The van der Waals surface area contributed by atoms with Gasteiger partial charge in [0.05, 0.1) is 11.8 Å². The van der Waals surface area contributed by atoms with Crippen LogP contribution in [0.1, 0.15) is 27.2 Å². The normalized spacial score (nSPS) is 23.2. The molecule has 0 bridgehead atoms. The Morgan fingerprint density at radius 2 is 1.83 bits per heavy atom. The van der Waals surface area contributed by atoms with Crippen LogP contribution in [-0.2, 0) is 9.59 Å². The van der Waals surface area contributed by atoms with Gasteiger partial charge in [-0.05, 0) is 20.8 Å². The van der Waals surface area contributed by atoms with Gasteiger partial charge in [0.25, 0.3) is 0 Å². The number of carbonyl (C=O) groups is 2. The molecule has 0 heterocycles. The molecule has 1 aliphatic carbocycles. The highest BCUT2D eigenvalue weighted by Gasteiger charge is 2.39. The van der Waals surface area contributed by atoms with Crippen molar-refractivity contribution in [3.05, 3.63) is 11.3 Å². The number of hydrogen-bond donors (Lipinski definition) is 1. The number of ketones is 2. The number of rotatable bonds is 0. The first kappa shape index (κ1) is 8.97. The number of carbonyl (C=O) groups excluding carboxylic acids is 2. The molecule has 0 unspecified atom stereocenters. The minimum absolute atomic E-state index is 0.0799. The van der Waals surface area contributed by atoms with E-state index in [-0.39, 0.29) is 23.7 Å². The topological polar surface area (TPSA) is 54.4 Å². The minimum Gasteiger partial charge on any atom is -0.511 e. The molecule has 12 heavy (non-hydrogen) atoms. The van der Waals surface area contributed by atoms with Gasteiger partial charge in [-0.25, -0.2) is 0 Å². The largest absolute Gasteiger partial charge is 0.511 e. The number of aliphatic hydroxyl groups is 1. The zero-order chi connectivity index (χ0) is 9.52. The van der Waals surface area contributed by atoms with E-state index in [1.165, 1.54) is 0 Å². The van der Waals surface area contributed by atoms with Gasteiger partial charge in [-0.3, -0.25) is 9.59 Å². The van der Waals surface area contributed by atoms with E-state index in [0.29, 0.717) is 5.57 Å². The van der Waals surface area contributed by atoms with Crippen molar-refractivity contribution in [2.24, 2.45) is 5.41 Å². The van der Waals surface area contributed by atoms with Gasteiger partial charge in [-0.1, -0.05) is 0 Å². The lowest BCUT2D eigenvalue weighted by Crippen LogP contribution is -2.34. The highest BCUT2D eigenvalue weighted by Crippen LogP contribution is 2.33. The van der Waals surface area contributed by atoms with Crippen molar-refractivity contribution in [3.63, 3.8) is 0 Å². The van der Waals surface area contributed by atoms with Crippen molar-refractivity contribution in [1.29, 1.82) is 0 Å². The molecule has 3 heteroatoms. The SMILES string of the molecule is CC1=C(O)C(C)(C)C(=O)CC1=O. The van der Waals surface area contributed by atoms with Crippen molar-refractivity contribution in [1.82, 2.24) is 0 Å². The van der Waals surface area contributed by atoms with E-state index >= 15 is 0 Å². The maximum absolute atomic E-state index is 11.3. The lowest BCUT2D eigenvalue weighted by molar-refractivity contribution is -0.132. The van der Waals surface area contributed by atoms with E-state index in [1.807, 2.05) is 0 Å². The molecule has 0 fully saturated rings. The van der Waals surface area contributed by atoms with Crippen LogP contribution in [0.25, 0.3) is 0 Å². The Balaban J connectivity index is 3.25. The summed E-state index contributed by atoms with van der Waals surface area (Å²) in [7, 11) is 0. The van der Waals surface area contributed by atoms with Crippen LogP contribution in [0.15, 0.2) is 11.3 Å². The van der Waals surface area contributed by atoms with E-state index in [9.17, 15) is 14.7 Å². The Morgan fingerprint density at radius 3 is 2.33 bits per heavy atom. The standard InChI is InChI=1S/C9H12O3/c1-5-6(10)4-7(11)9(2,3)8(5)12/h12H,4H2,1-3H3. The summed E-state index contributed by atoms with van der Waals surface area (Å²) in [5.74, 6) is -0.559. The Kier molecular flexibility index (Phi) is 1.82. The number of allylic oxidation sites excluding steroid dienone is 2. The van der Waals surface area contributed by atoms with Gasteiger partial charge >= 0.3 is 0 Å². The molecule has 0 saturated carbocycles. The molecule has 0 aromatic carbocycles. The summed E-state index contributed by atoms with van der Waals surface area (Å²) < 4.78 is 0. The molecule has 0 saturated heterocycles. The van der Waals surface area contributed by atoms with Crippen molar-refractivity contribution in [3.8, 4) is 0 Å². The monoisotopic (exact) mass is 168 g/mol. The second-order valence-electron chi connectivity index (χ2n) is 3.62. The molecule has 0 aliphatic heterocycles. The molecule has 0 aromatic rings. The van der Waals surface area contributed by atoms with Gasteiger partial charge in [-0.2, -0.15) is 0 Å². The summed E-state index contributed by atoms with van der Waals surface area (Å²) in [6.45, 7) is 4.80. The van der Waals surface area contributed by atoms with Crippen molar-refractivity contribution in [2.75, 3.05) is 0 Å². The van der Waals surface area contributed by atoms with E-state index in [1.54, 1.807) is 20.8 Å². The zero-order valence-corrected chi connectivity index (χ0v) is 7.47. The van der Waals surface area contributed by atoms with Crippen molar-refractivity contribution >= 4 is 11.6 Å². The van der Waals surface area contributed by atoms with Crippen LogP contribution >= 0.6 is 0 Å². The second-order valence-corrected chi connectivity index (χ2v) is 3.62. The highest BCUT2D eigenvalue weighted by atomic mass is 16.3. The molecule has 1 aliphatic rings. The Hall–Kier alpha value is -1.12. The fraction of sp³-hybridized carbons (Fsp3) is 0.556. The maximum atomic E-state index is 11.3. The average molecular weight is 168 g/mol. The Bertz CT molecular complexity index is 284. The van der Waals surface area contributed by atoms with Gasteiger partial charge in [0.2, 0.25) is 0 Å². The highest BCUT2D eigenvalue weighted by molar-refractivity contribution is 6.13. The summed E-state index contributed by atoms with van der Waals surface area (Å²) in [4.78, 5) is 22.3. The molecule has 0 amide bonds. The van der Waals surface area contributed by atoms with Crippen molar-refractivity contribution in [2.45, 2.75) is 27.2 Å². The van der Waals surface area contributed by atoms with Crippen LogP contribution in [0.2, 0.25) is 0 Å². The van der Waals surface area contributed by atoms with Gasteiger partial charge in [-0.15, -0.1) is 0 Å². The Labute approximate surface area is 71.1 Å². The van der Waals surface area contributed by atoms with Crippen molar-refractivity contribution < 1.29 is 14.7 Å². The summed E-state index contributed by atoms with van der Waals surface area (Å²) in [5, 5.41) is 9.48. The second kappa shape index (κ2) is 2.44. The molecule has 0 radical (unpaired) electrons. The molecule has 1 N–H and O–H groups in total. The number of aliphatic hydroxyl groups excluding tert-OH is 1. The predicted molar refractivity (Wildman–Crippen MR) is 43.7 cm³/mol. The number of hydrogen-bond acceptors (Lipinski definition) is 3. The van der Waals surface area contributed by atoms with E-state index < -0.39 is 5.41 Å². The Morgan fingerprint density at radius 1 is 1.33 bits per heavy atom. The third kappa shape index (κ3) is 1.05. The number of Topliss-reactive ketones (excluding diaryl/α,β-unsaturated/α-hetero) is 2. The average Bonchev–Trinajstić information content (AvgIpc) is 1.99. The van der Waals surface area contributed by atoms with Gasteiger partial charge in [0.1, 0.15) is 5.76 Å². The van der Waals surface area contributed by atoms with Gasteiger partial charge in [0.15, 0.2) is 11.6 Å². The molecule has 1 rings (SSSR count). The van der Waals surface area contributed by atoms with E-state index in [0.717, 1.165) is 0 Å². The summed E-state index contributed by atoms with van der Waals surface area (Å²) >= 11 is 0. The van der Waals surface area contributed by atoms with Crippen LogP contribution in [0, 0.1) is 5.41 Å². The third-order valence-corrected chi connectivity index (χ3v) is 2.38. The summed E-state index contributed by atoms with van der Waals surface area (Å²) in [6.07, 6.45) is -0.0805. The molecule has 0 atom stereocenters. The quantitative estimate of drug-likeness (QED) is 0.556. The molecule has 3 nitrogen and oxygen atoms in total. The van der Waals surface area contributed by atoms with Crippen LogP contribution in [-0.4, -0.2) is 16.7 Å². The van der Waals surface area contributed by atoms with Crippen LogP contribution in [0.3, 0.4) is 0 Å². The third-order valence-electron chi connectivity index (χ3n) is 2.38. The molecular weight excluding hydrogens is 156 g/mol. The molecule has 66 valence electrons. The minimum atomic E-state index is -0.877. The lowest BCUT2D eigenvalue weighted by atomic mass is 9.76. The first-order valence-corrected chi connectivity index (χ1v) is 3.84. The van der Waals surface area contributed by atoms with Gasteiger partial charge in [0, 0.05) is 5.57 Å². The van der Waals surface area contributed by atoms with E-state index in [2.05, 4.69) is 0 Å². The first-order chi connectivity index (χ1) is 5.37. The zero-order valence-electron chi connectivity index (χ0n) is 7.47. The smallest absolute Gasteiger partial charge is 0.169 e. The molecule has 0 spiro atoms. The maximum Gasteiger partial charge on any atom is 0.169 e. The lowest BCUT2D eigenvalue weighted by Gasteiger charge is -2.27. The fourth-order valence-corrected chi connectivity index (χ4v) is 1.23. The van der Waals surface area contributed by atoms with Crippen LogP contribution < -0.4 is 0 Å². The van der Waals surface area contributed by atoms with Crippen LogP contribution in [0.4, 0.5) is 0 Å². The molecular formula is C9H12O3. The summed E-state index contributed by atoms with van der Waals surface area (Å²) in [6, 6.07) is 0. The fourth-order valence-electron chi connectivity index (χ4n) is 1.23.